The average Bonchev–Trinajstić information content (AvgIpc) is 2.28. The van der Waals surface area contributed by atoms with E-state index in [1.54, 1.807) is 12.3 Å². The largest absolute Gasteiger partial charge is 0.285 e. The molecule has 90 valence electrons. The van der Waals surface area contributed by atoms with Gasteiger partial charge in [0.2, 0.25) is 10.0 Å². The van der Waals surface area contributed by atoms with Gasteiger partial charge in [-0.1, -0.05) is 18.2 Å². The maximum absolute atomic E-state index is 11.1. The Bertz CT molecular complexity index is 562. The number of anilines is 1. The lowest BCUT2D eigenvalue weighted by molar-refractivity contribution is 0.607. The number of sulfonamides is 1. The van der Waals surface area contributed by atoms with Gasteiger partial charge in [-0.15, -0.1) is 0 Å². The molecule has 1 aliphatic heterocycles. The summed E-state index contributed by atoms with van der Waals surface area (Å²) in [5.41, 5.74) is 1.59. The fourth-order valence-electron chi connectivity index (χ4n) is 1.73. The van der Waals surface area contributed by atoms with E-state index in [0.29, 0.717) is 5.69 Å². The molecule has 0 spiro atoms. The summed E-state index contributed by atoms with van der Waals surface area (Å²) >= 11 is 0. The molecule has 1 aromatic carbocycles. The van der Waals surface area contributed by atoms with E-state index in [-0.39, 0.29) is 6.04 Å². The van der Waals surface area contributed by atoms with E-state index in [0.717, 1.165) is 18.2 Å². The third kappa shape index (κ3) is 3.42. The minimum absolute atomic E-state index is 0.0845. The zero-order chi connectivity index (χ0) is 12.3. The highest BCUT2D eigenvalue weighted by molar-refractivity contribution is 7.92. The first-order valence-corrected chi connectivity index (χ1v) is 7.20. The summed E-state index contributed by atoms with van der Waals surface area (Å²) in [6.07, 6.45) is 7.72. The van der Waals surface area contributed by atoms with E-state index >= 15 is 0 Å². The van der Waals surface area contributed by atoms with Gasteiger partial charge in [-0.3, -0.25) is 9.71 Å². The molecule has 1 atom stereocenters. The summed E-state index contributed by atoms with van der Waals surface area (Å²) < 4.78 is 24.7. The van der Waals surface area contributed by atoms with Crippen LogP contribution in [-0.4, -0.2) is 20.9 Å². The van der Waals surface area contributed by atoms with Gasteiger partial charge in [0.1, 0.15) is 0 Å². The molecule has 0 radical (unpaired) electrons. The van der Waals surface area contributed by atoms with Crippen molar-refractivity contribution in [1.82, 2.24) is 0 Å². The number of nitrogens with zero attached hydrogens (tertiary/aromatic N) is 1. The number of nitrogens with one attached hydrogen (secondary N) is 1. The first-order chi connectivity index (χ1) is 8.04. The second kappa shape index (κ2) is 4.71. The summed E-state index contributed by atoms with van der Waals surface area (Å²) in [7, 11) is -3.23. The summed E-state index contributed by atoms with van der Waals surface area (Å²) in [5, 5.41) is 0. The summed E-state index contributed by atoms with van der Waals surface area (Å²) in [6, 6.07) is 7.42. The van der Waals surface area contributed by atoms with Crippen LogP contribution in [0.15, 0.2) is 41.4 Å². The molecular formula is C12H14N2O2S. The third-order valence-corrected chi connectivity index (χ3v) is 3.03. The normalized spacial score (nSPS) is 19.2. The van der Waals surface area contributed by atoms with Crippen LogP contribution in [0.5, 0.6) is 0 Å². The molecular weight excluding hydrogens is 236 g/mol. The first-order valence-electron chi connectivity index (χ1n) is 5.31. The van der Waals surface area contributed by atoms with Gasteiger partial charge in [0, 0.05) is 11.9 Å². The summed E-state index contributed by atoms with van der Waals surface area (Å²) in [5.74, 6) is 0. The van der Waals surface area contributed by atoms with E-state index in [4.69, 9.17) is 0 Å². The number of hydrogen-bond donors (Lipinski definition) is 1. The van der Waals surface area contributed by atoms with Gasteiger partial charge in [-0.2, -0.15) is 0 Å². The Labute approximate surface area is 101 Å². The molecule has 1 unspecified atom stereocenters. The van der Waals surface area contributed by atoms with Crippen molar-refractivity contribution in [2.75, 3.05) is 11.0 Å². The van der Waals surface area contributed by atoms with Crippen molar-refractivity contribution in [2.45, 2.75) is 12.5 Å². The third-order valence-electron chi connectivity index (χ3n) is 2.42. The smallest absolute Gasteiger partial charge is 0.229 e. The predicted molar refractivity (Wildman–Crippen MR) is 69.9 cm³/mol. The van der Waals surface area contributed by atoms with Crippen LogP contribution < -0.4 is 4.72 Å². The Morgan fingerprint density at radius 2 is 2.24 bits per heavy atom. The maximum Gasteiger partial charge on any atom is 0.229 e. The summed E-state index contributed by atoms with van der Waals surface area (Å²) in [6.45, 7) is 0. The molecule has 1 aliphatic rings. The van der Waals surface area contributed by atoms with Gasteiger partial charge in [-0.05, 0) is 30.2 Å². The average molecular weight is 250 g/mol. The monoisotopic (exact) mass is 250 g/mol. The lowest BCUT2D eigenvalue weighted by Gasteiger charge is -2.14. The molecule has 0 bridgehead atoms. The van der Waals surface area contributed by atoms with Crippen molar-refractivity contribution in [3.8, 4) is 0 Å². The lowest BCUT2D eigenvalue weighted by atomic mass is 10.0. The topological polar surface area (TPSA) is 58.5 Å². The first kappa shape index (κ1) is 11.9. The molecule has 1 aromatic rings. The van der Waals surface area contributed by atoms with Gasteiger partial charge >= 0.3 is 0 Å². The number of benzene rings is 1. The van der Waals surface area contributed by atoms with Crippen LogP contribution in [0.25, 0.3) is 0 Å². The number of dihydropyridines is 1. The highest BCUT2D eigenvalue weighted by Gasteiger charge is 2.10. The van der Waals surface area contributed by atoms with E-state index in [9.17, 15) is 8.42 Å². The van der Waals surface area contributed by atoms with Crippen LogP contribution in [0.3, 0.4) is 0 Å². The Kier molecular flexibility index (Phi) is 3.28. The molecule has 0 fully saturated rings. The molecule has 0 saturated carbocycles. The van der Waals surface area contributed by atoms with Crippen LogP contribution in [-0.2, 0) is 10.0 Å². The molecule has 17 heavy (non-hydrogen) atoms. The van der Waals surface area contributed by atoms with Crippen LogP contribution >= 0.6 is 0 Å². The van der Waals surface area contributed by atoms with Crippen LogP contribution in [0.4, 0.5) is 5.69 Å². The molecule has 0 saturated heterocycles. The van der Waals surface area contributed by atoms with Crippen molar-refractivity contribution in [3.05, 3.63) is 42.0 Å². The zero-order valence-electron chi connectivity index (χ0n) is 9.50. The van der Waals surface area contributed by atoms with E-state index in [1.165, 1.54) is 0 Å². The molecule has 0 aromatic heterocycles. The molecule has 0 amide bonds. The van der Waals surface area contributed by atoms with Gasteiger partial charge in [0.05, 0.1) is 12.3 Å². The maximum atomic E-state index is 11.1. The SMILES string of the molecule is CS(=O)(=O)Nc1cccc(C2CC=CC=N2)c1. The Balaban J connectivity index is 2.22. The molecule has 5 heteroatoms. The second-order valence-corrected chi connectivity index (χ2v) is 5.73. The molecule has 1 N–H and O–H groups in total. The Hall–Kier alpha value is -1.62. The molecule has 1 heterocycles. The quantitative estimate of drug-likeness (QED) is 0.893. The van der Waals surface area contributed by atoms with Crippen molar-refractivity contribution in [1.29, 1.82) is 0 Å². The lowest BCUT2D eigenvalue weighted by Crippen LogP contribution is -2.10. The number of hydrogen-bond acceptors (Lipinski definition) is 3. The number of aliphatic imine (C=N–C) groups is 1. The number of allylic oxidation sites excluding steroid dienone is 1. The van der Waals surface area contributed by atoms with E-state index in [1.807, 2.05) is 30.4 Å². The number of rotatable bonds is 3. The highest BCUT2D eigenvalue weighted by atomic mass is 32.2. The minimum atomic E-state index is -3.23. The Morgan fingerprint density at radius 1 is 1.41 bits per heavy atom. The second-order valence-electron chi connectivity index (χ2n) is 3.98. The van der Waals surface area contributed by atoms with Crippen molar-refractivity contribution < 1.29 is 8.42 Å². The van der Waals surface area contributed by atoms with Gasteiger partial charge in [0.15, 0.2) is 0 Å². The van der Waals surface area contributed by atoms with Crippen LogP contribution in [0.2, 0.25) is 0 Å². The van der Waals surface area contributed by atoms with Crippen LogP contribution in [0.1, 0.15) is 18.0 Å². The molecule has 0 aliphatic carbocycles. The molecule has 2 rings (SSSR count). The predicted octanol–water partition coefficient (Wildman–Crippen LogP) is 2.13. The van der Waals surface area contributed by atoms with Gasteiger partial charge in [-0.25, -0.2) is 8.42 Å². The molecule has 4 nitrogen and oxygen atoms in total. The minimum Gasteiger partial charge on any atom is -0.285 e. The van der Waals surface area contributed by atoms with Crippen molar-refractivity contribution in [2.24, 2.45) is 4.99 Å². The van der Waals surface area contributed by atoms with Gasteiger partial charge in [0.25, 0.3) is 0 Å². The zero-order valence-corrected chi connectivity index (χ0v) is 10.3. The fourth-order valence-corrected chi connectivity index (χ4v) is 2.28. The van der Waals surface area contributed by atoms with Gasteiger partial charge < -0.3 is 0 Å². The standard InChI is InChI=1S/C12H14N2O2S/c1-17(15,16)14-11-6-4-5-10(9-11)12-7-2-3-8-13-12/h2-6,8-9,12,14H,7H2,1H3. The van der Waals surface area contributed by atoms with E-state index in [2.05, 4.69) is 9.71 Å². The van der Waals surface area contributed by atoms with E-state index < -0.39 is 10.0 Å². The highest BCUT2D eigenvalue weighted by Crippen LogP contribution is 2.25. The summed E-state index contributed by atoms with van der Waals surface area (Å²) in [4.78, 5) is 4.35. The Morgan fingerprint density at radius 3 is 2.88 bits per heavy atom. The van der Waals surface area contributed by atoms with Crippen LogP contribution in [0, 0.1) is 0 Å². The van der Waals surface area contributed by atoms with Crippen molar-refractivity contribution >= 4 is 21.9 Å². The van der Waals surface area contributed by atoms with Crippen molar-refractivity contribution in [3.63, 3.8) is 0 Å². The fraction of sp³-hybridized carbons (Fsp3) is 0.250.